The first kappa shape index (κ1) is 41.9. The Morgan fingerprint density at radius 1 is 0.770 bits per heavy atom. The molecule has 0 radical (unpaired) electrons. The fourth-order valence-corrected chi connectivity index (χ4v) is 9.08. The quantitative estimate of drug-likeness (QED) is 0.0929. The number of aliphatic hydroxyl groups excluding tert-OH is 2. The number of nitrogens with one attached hydrogen (secondary N) is 3. The zero-order valence-corrected chi connectivity index (χ0v) is 35.1. The van der Waals surface area contributed by atoms with Gasteiger partial charge in [-0.15, -0.1) is 0 Å². The fourth-order valence-electron chi connectivity index (χ4n) is 9.08. The summed E-state index contributed by atoms with van der Waals surface area (Å²) in [5, 5.41) is 24.9. The van der Waals surface area contributed by atoms with Crippen LogP contribution in [0, 0.1) is 17.8 Å². The van der Waals surface area contributed by atoms with E-state index in [0.717, 1.165) is 96.2 Å². The highest BCUT2D eigenvalue weighted by molar-refractivity contribution is 5.86. The number of ether oxygens (including phenoxy) is 1. The summed E-state index contributed by atoms with van der Waals surface area (Å²) in [5.74, 6) is 7.91. The monoisotopic (exact) mass is 824 g/mol. The number of aromatic nitrogens is 4. The summed E-state index contributed by atoms with van der Waals surface area (Å²) < 4.78 is 4.76. The molecule has 5 unspecified atom stereocenters. The third-order valence-electron chi connectivity index (χ3n) is 12.4. The second-order valence-corrected chi connectivity index (χ2v) is 16.7. The van der Waals surface area contributed by atoms with Gasteiger partial charge in [0, 0.05) is 37.3 Å². The van der Waals surface area contributed by atoms with Crippen molar-refractivity contribution < 1.29 is 24.5 Å². The number of likely N-dealkylation sites (tertiary alicyclic amines) is 3. The second kappa shape index (κ2) is 18.9. The van der Waals surface area contributed by atoms with E-state index in [2.05, 4.69) is 66.2 Å². The Hall–Kier alpha value is -5.78. The Morgan fingerprint density at radius 2 is 1.33 bits per heavy atom. The molecule has 5 N–H and O–H groups in total. The lowest BCUT2D eigenvalue weighted by Gasteiger charge is -2.42. The lowest BCUT2D eigenvalue weighted by Crippen LogP contribution is -2.51. The molecule has 13 nitrogen and oxygen atoms in total. The van der Waals surface area contributed by atoms with E-state index >= 15 is 0 Å². The number of hydrogen-bond donors (Lipinski definition) is 5. The highest BCUT2D eigenvalue weighted by Gasteiger charge is 2.40. The molecule has 61 heavy (non-hydrogen) atoms. The number of amides is 2. The maximum absolute atomic E-state index is 13.5. The summed E-state index contributed by atoms with van der Waals surface area (Å²) in [6, 6.07) is 25.2. The predicted octanol–water partition coefficient (Wildman–Crippen LogP) is 6.56. The summed E-state index contributed by atoms with van der Waals surface area (Å²) in [6.07, 6.45) is 6.98. The molecule has 0 saturated carbocycles. The Balaban J connectivity index is 0.897. The molecule has 3 aliphatic heterocycles. The summed E-state index contributed by atoms with van der Waals surface area (Å²) in [4.78, 5) is 48.3. The number of H-pyrrole nitrogens is 2. The van der Waals surface area contributed by atoms with Crippen LogP contribution in [0.3, 0.4) is 0 Å². The van der Waals surface area contributed by atoms with Gasteiger partial charge in [-0.1, -0.05) is 80.3 Å². The molecule has 2 aromatic heterocycles. The molecule has 5 atom stereocenters. The number of carbonyl (C=O) groups is 2. The zero-order valence-electron chi connectivity index (χ0n) is 35.1. The predicted molar refractivity (Wildman–Crippen MR) is 233 cm³/mol. The van der Waals surface area contributed by atoms with Crippen LogP contribution in [0.4, 0.5) is 4.79 Å². The van der Waals surface area contributed by atoms with Crippen molar-refractivity contribution in [2.45, 2.75) is 88.9 Å². The largest absolute Gasteiger partial charge is 0.453 e. The highest BCUT2D eigenvalue weighted by Crippen LogP contribution is 2.39. The van der Waals surface area contributed by atoms with Crippen LogP contribution in [-0.4, -0.2) is 109 Å². The van der Waals surface area contributed by atoms with Crippen LogP contribution in [0.25, 0.3) is 22.5 Å². The van der Waals surface area contributed by atoms with E-state index in [0.29, 0.717) is 19.4 Å². The number of imidazole rings is 2. The van der Waals surface area contributed by atoms with Crippen molar-refractivity contribution in [2.24, 2.45) is 5.92 Å². The van der Waals surface area contributed by atoms with Crippen LogP contribution in [0.2, 0.25) is 0 Å². The minimum absolute atomic E-state index is 0.0358. The molecule has 0 spiro atoms. The molecule has 3 saturated heterocycles. The molecule has 3 aliphatic rings. The second-order valence-electron chi connectivity index (χ2n) is 16.7. The van der Waals surface area contributed by atoms with E-state index in [1.165, 1.54) is 7.11 Å². The first-order valence-corrected chi connectivity index (χ1v) is 21.6. The summed E-state index contributed by atoms with van der Waals surface area (Å²) in [5.41, 5.74) is 6.60. The van der Waals surface area contributed by atoms with E-state index < -0.39 is 18.4 Å². The standard InChI is InChI=1S/C48H56N8O5/c1-31(2)42(53-48(60)61-3)46(58)55-25-7-11-40(55)44-49-29-38(51-44)34-19-15-32(16-20-34)13-14-33-17-21-35(22-18-33)39-30-50-45(52-39)41-12-8-26-56(41)47(59)43(36-9-5-4-6-10-36)54-27-23-37(57)24-28-54/h4-6,9-10,15-22,29-31,37,40-43,47,57,59H,7-8,11-12,23-28H2,1-3H3,(H,49,51)(H,50,52)(H,53,60). The zero-order chi connectivity index (χ0) is 42.5. The van der Waals surface area contributed by atoms with Gasteiger partial charge in [0.1, 0.15) is 23.9 Å². The molecule has 318 valence electrons. The van der Waals surface area contributed by atoms with Crippen LogP contribution in [0.1, 0.15) is 98.8 Å². The minimum Gasteiger partial charge on any atom is -0.453 e. The molecule has 13 heteroatoms. The normalized spacial score (nSPS) is 20.3. The van der Waals surface area contributed by atoms with Gasteiger partial charge >= 0.3 is 6.09 Å². The smallest absolute Gasteiger partial charge is 0.407 e. The van der Waals surface area contributed by atoms with E-state index in [1.807, 2.05) is 79.5 Å². The van der Waals surface area contributed by atoms with Gasteiger partial charge in [-0.05, 0) is 85.4 Å². The summed E-state index contributed by atoms with van der Waals surface area (Å²) in [6.45, 7) is 6.67. The number of aliphatic hydroxyl groups is 2. The highest BCUT2D eigenvalue weighted by atomic mass is 16.5. The van der Waals surface area contributed by atoms with Gasteiger partial charge in [-0.25, -0.2) is 14.8 Å². The van der Waals surface area contributed by atoms with Crippen LogP contribution >= 0.6 is 0 Å². The maximum atomic E-state index is 13.5. The van der Waals surface area contributed by atoms with Crippen LogP contribution in [0.5, 0.6) is 0 Å². The number of piperidine rings is 1. The summed E-state index contributed by atoms with van der Waals surface area (Å²) >= 11 is 0. The summed E-state index contributed by atoms with van der Waals surface area (Å²) in [7, 11) is 1.29. The van der Waals surface area contributed by atoms with Gasteiger partial charge in [0.25, 0.3) is 0 Å². The fraction of sp³-hybridized carbons (Fsp3) is 0.417. The van der Waals surface area contributed by atoms with Crippen LogP contribution in [0.15, 0.2) is 91.3 Å². The van der Waals surface area contributed by atoms with Gasteiger partial charge in [-0.2, -0.15) is 0 Å². The average molecular weight is 825 g/mol. The average Bonchev–Trinajstić information content (AvgIpc) is 4.13. The molecular formula is C48H56N8O5. The number of carbonyl (C=O) groups excluding carboxylic acids is 2. The number of alkyl carbamates (subject to hydrolysis) is 1. The number of hydrogen-bond acceptors (Lipinski definition) is 9. The number of benzene rings is 3. The van der Waals surface area contributed by atoms with Gasteiger partial charge in [0.15, 0.2) is 0 Å². The molecule has 0 aliphatic carbocycles. The molecule has 0 bridgehead atoms. The topological polar surface area (TPSA) is 163 Å². The molecule has 8 rings (SSSR count). The van der Waals surface area contributed by atoms with Gasteiger partial charge < -0.3 is 35.1 Å². The van der Waals surface area contributed by atoms with E-state index in [9.17, 15) is 19.8 Å². The Bertz CT molecular complexity index is 2310. The van der Waals surface area contributed by atoms with Crippen molar-refractivity contribution in [3.8, 4) is 34.4 Å². The molecule has 2 amide bonds. The third-order valence-corrected chi connectivity index (χ3v) is 12.4. The van der Waals surface area contributed by atoms with Crippen molar-refractivity contribution in [1.82, 2.24) is 40.0 Å². The van der Waals surface area contributed by atoms with Crippen molar-refractivity contribution in [3.05, 3.63) is 120 Å². The van der Waals surface area contributed by atoms with E-state index in [1.54, 1.807) is 6.20 Å². The maximum Gasteiger partial charge on any atom is 0.407 e. The SMILES string of the molecule is COC(=O)NC(C(=O)N1CCCC1c1ncc(-c2ccc(C#Cc3ccc(-c4cnc(C5CCCN5C(O)C(c5ccccc5)N5CCC(O)CC5)[nH]4)cc3)cc2)[nH]1)C(C)C. The Morgan fingerprint density at radius 3 is 1.90 bits per heavy atom. The minimum atomic E-state index is -0.722. The number of methoxy groups -OCH3 is 1. The molecule has 5 aromatic rings. The van der Waals surface area contributed by atoms with Gasteiger partial charge in [0.05, 0.1) is 55.1 Å². The number of rotatable bonds is 11. The first-order valence-electron chi connectivity index (χ1n) is 21.6. The van der Waals surface area contributed by atoms with Crippen molar-refractivity contribution >= 4 is 12.0 Å². The molecular weight excluding hydrogens is 769 g/mol. The van der Waals surface area contributed by atoms with Crippen molar-refractivity contribution in [3.63, 3.8) is 0 Å². The lowest BCUT2D eigenvalue weighted by molar-refractivity contribution is -0.135. The Kier molecular flexibility index (Phi) is 13.0. The van der Waals surface area contributed by atoms with E-state index in [-0.39, 0.29) is 36.1 Å². The third kappa shape index (κ3) is 9.43. The lowest BCUT2D eigenvalue weighted by atomic mass is 9.98. The van der Waals surface area contributed by atoms with Crippen LogP contribution < -0.4 is 5.32 Å². The van der Waals surface area contributed by atoms with Gasteiger partial charge in [-0.3, -0.25) is 14.6 Å². The number of aromatic amines is 2. The van der Waals surface area contributed by atoms with Crippen molar-refractivity contribution in [1.29, 1.82) is 0 Å². The molecule has 3 aromatic carbocycles. The number of nitrogens with zero attached hydrogens (tertiary/aromatic N) is 5. The van der Waals surface area contributed by atoms with Crippen LogP contribution in [-0.2, 0) is 9.53 Å². The molecule has 5 heterocycles. The Labute approximate surface area is 357 Å². The first-order chi connectivity index (χ1) is 29.7. The molecule has 3 fully saturated rings. The van der Waals surface area contributed by atoms with E-state index in [4.69, 9.17) is 9.72 Å². The van der Waals surface area contributed by atoms with Crippen molar-refractivity contribution in [2.75, 3.05) is 33.3 Å². The van der Waals surface area contributed by atoms with Gasteiger partial charge in [0.2, 0.25) is 5.91 Å².